The summed E-state index contributed by atoms with van der Waals surface area (Å²) in [5.74, 6) is 1.71. The van der Waals surface area contributed by atoms with Crippen molar-refractivity contribution in [1.29, 1.82) is 0 Å². The minimum Gasteiger partial charge on any atom is -0.369 e. The van der Waals surface area contributed by atoms with Gasteiger partial charge in [-0.3, -0.25) is 5.10 Å². The maximum Gasteiger partial charge on any atom is 0.229 e. The van der Waals surface area contributed by atoms with Crippen molar-refractivity contribution in [1.82, 2.24) is 25.4 Å². The van der Waals surface area contributed by atoms with Gasteiger partial charge in [0.25, 0.3) is 0 Å². The molecule has 26 heavy (non-hydrogen) atoms. The Hall–Kier alpha value is -3.48. The Labute approximate surface area is 150 Å². The zero-order valence-electron chi connectivity index (χ0n) is 14.3. The summed E-state index contributed by atoms with van der Waals surface area (Å²) in [5, 5.41) is 17.2. The number of nitrogens with one attached hydrogen (secondary N) is 3. The topological polar surface area (TPSA) is 91.4 Å². The van der Waals surface area contributed by atoms with E-state index in [1.54, 1.807) is 6.20 Å². The fourth-order valence-corrected chi connectivity index (χ4v) is 2.73. The van der Waals surface area contributed by atoms with Gasteiger partial charge in [-0.25, -0.2) is 4.98 Å². The number of rotatable bonds is 6. The Bertz CT molecular complexity index is 997. The van der Waals surface area contributed by atoms with Gasteiger partial charge in [0.05, 0.1) is 5.52 Å². The summed E-state index contributed by atoms with van der Waals surface area (Å²) in [4.78, 5) is 8.81. The number of fused-ring (bicyclic) bond motifs is 1. The molecular formula is C19H19N7. The Morgan fingerprint density at radius 3 is 2.85 bits per heavy atom. The average molecular weight is 345 g/mol. The zero-order chi connectivity index (χ0) is 17.8. The maximum absolute atomic E-state index is 4.53. The highest BCUT2D eigenvalue weighted by molar-refractivity contribution is 5.78. The largest absolute Gasteiger partial charge is 0.369 e. The van der Waals surface area contributed by atoms with Crippen molar-refractivity contribution in [3.63, 3.8) is 0 Å². The highest BCUT2D eigenvalue weighted by Crippen LogP contribution is 2.19. The first-order chi connectivity index (χ1) is 12.8. The van der Waals surface area contributed by atoms with E-state index in [1.807, 2.05) is 30.3 Å². The second kappa shape index (κ2) is 7.18. The monoisotopic (exact) mass is 345 g/mol. The summed E-state index contributed by atoms with van der Waals surface area (Å²) in [6, 6.07) is 18.0. The predicted molar refractivity (Wildman–Crippen MR) is 103 cm³/mol. The molecule has 0 aliphatic heterocycles. The highest BCUT2D eigenvalue weighted by Gasteiger charge is 2.06. The summed E-state index contributed by atoms with van der Waals surface area (Å²) >= 11 is 0. The van der Waals surface area contributed by atoms with Crippen LogP contribution >= 0.6 is 0 Å². The van der Waals surface area contributed by atoms with Crippen LogP contribution in [0.4, 0.5) is 17.5 Å². The van der Waals surface area contributed by atoms with Crippen LogP contribution in [-0.2, 0) is 0 Å². The maximum atomic E-state index is 4.53. The molecule has 1 atom stereocenters. The molecule has 2 aromatic heterocycles. The predicted octanol–water partition coefficient (Wildman–Crippen LogP) is 3.71. The van der Waals surface area contributed by atoms with Gasteiger partial charge in [-0.15, -0.1) is 5.10 Å². The molecule has 0 spiro atoms. The molecule has 0 saturated heterocycles. The van der Waals surface area contributed by atoms with Crippen LogP contribution in [0.15, 0.2) is 60.8 Å². The first-order valence-electron chi connectivity index (χ1n) is 8.47. The lowest BCUT2D eigenvalue weighted by atomic mass is 10.0. The van der Waals surface area contributed by atoms with Gasteiger partial charge >= 0.3 is 0 Å². The van der Waals surface area contributed by atoms with Gasteiger partial charge in [-0.1, -0.05) is 42.5 Å². The average Bonchev–Trinajstić information content (AvgIpc) is 3.15. The third kappa shape index (κ3) is 3.61. The van der Waals surface area contributed by atoms with Crippen LogP contribution in [0.3, 0.4) is 0 Å². The van der Waals surface area contributed by atoms with E-state index in [2.05, 4.69) is 67.2 Å². The van der Waals surface area contributed by atoms with Crippen LogP contribution in [0.1, 0.15) is 18.4 Å². The number of hydrogen-bond acceptors (Lipinski definition) is 6. The van der Waals surface area contributed by atoms with Crippen LogP contribution in [-0.4, -0.2) is 31.9 Å². The molecule has 0 aliphatic rings. The third-order valence-corrected chi connectivity index (χ3v) is 4.19. The Kier molecular flexibility index (Phi) is 4.42. The van der Waals surface area contributed by atoms with Gasteiger partial charge < -0.3 is 10.6 Å². The minimum absolute atomic E-state index is 0.387. The molecule has 7 heteroatoms. The van der Waals surface area contributed by atoms with Crippen LogP contribution in [0.25, 0.3) is 11.0 Å². The van der Waals surface area contributed by atoms with Crippen LogP contribution in [0.2, 0.25) is 0 Å². The van der Waals surface area contributed by atoms with E-state index in [1.165, 1.54) is 5.56 Å². The van der Waals surface area contributed by atoms with Crippen molar-refractivity contribution in [2.75, 3.05) is 17.2 Å². The molecule has 2 aromatic carbocycles. The molecule has 0 unspecified atom stereocenters. The molecule has 0 fully saturated rings. The van der Waals surface area contributed by atoms with Crippen molar-refractivity contribution in [2.24, 2.45) is 0 Å². The fraction of sp³-hybridized carbons (Fsp3) is 0.158. The molecule has 4 rings (SSSR count). The number of aromatic nitrogens is 5. The van der Waals surface area contributed by atoms with E-state index in [0.29, 0.717) is 11.9 Å². The summed E-state index contributed by atoms with van der Waals surface area (Å²) in [6.07, 6.45) is 1.74. The molecule has 2 heterocycles. The lowest BCUT2D eigenvalue weighted by Crippen LogP contribution is -2.11. The quantitative estimate of drug-likeness (QED) is 0.493. The van der Waals surface area contributed by atoms with Gasteiger partial charge in [0.2, 0.25) is 5.95 Å². The third-order valence-electron chi connectivity index (χ3n) is 4.19. The Morgan fingerprint density at radius 1 is 1.08 bits per heavy atom. The van der Waals surface area contributed by atoms with Gasteiger partial charge in [-0.05, 0) is 35.7 Å². The number of H-pyrrole nitrogens is 1. The number of anilines is 3. The standard InChI is InChI=1S/C19H19N7/c1-13(14-5-3-2-4-6-14)12-21-18-9-10-20-19(23-18)22-15-7-8-16-17(11-15)25-26-24-16/h2-11,13H,12H2,1H3,(H,24,25,26)(H2,20,21,22,23)/t13-/m1/s1. The zero-order valence-corrected chi connectivity index (χ0v) is 14.3. The van der Waals surface area contributed by atoms with E-state index in [9.17, 15) is 0 Å². The summed E-state index contributed by atoms with van der Waals surface area (Å²) in [6.45, 7) is 2.99. The number of nitrogens with zero attached hydrogens (tertiary/aromatic N) is 4. The van der Waals surface area contributed by atoms with Gasteiger partial charge in [0.1, 0.15) is 11.3 Å². The summed E-state index contributed by atoms with van der Waals surface area (Å²) < 4.78 is 0. The lowest BCUT2D eigenvalue weighted by Gasteiger charge is -2.14. The first kappa shape index (κ1) is 16.0. The van der Waals surface area contributed by atoms with Gasteiger partial charge in [0, 0.05) is 18.4 Å². The normalized spacial score (nSPS) is 12.0. The smallest absolute Gasteiger partial charge is 0.229 e. The molecule has 7 nitrogen and oxygen atoms in total. The van der Waals surface area contributed by atoms with E-state index in [4.69, 9.17) is 0 Å². The molecule has 130 valence electrons. The molecular weight excluding hydrogens is 326 g/mol. The summed E-state index contributed by atoms with van der Waals surface area (Å²) in [7, 11) is 0. The fourth-order valence-electron chi connectivity index (χ4n) is 2.73. The van der Waals surface area contributed by atoms with Crippen molar-refractivity contribution in [3.8, 4) is 0 Å². The highest BCUT2D eigenvalue weighted by atomic mass is 15.3. The summed E-state index contributed by atoms with van der Waals surface area (Å²) in [5.41, 5.74) is 3.86. The molecule has 0 amide bonds. The van der Waals surface area contributed by atoms with Crippen molar-refractivity contribution < 1.29 is 0 Å². The molecule has 0 radical (unpaired) electrons. The number of hydrogen-bond donors (Lipinski definition) is 3. The molecule has 3 N–H and O–H groups in total. The molecule has 4 aromatic rings. The van der Waals surface area contributed by atoms with E-state index < -0.39 is 0 Å². The second-order valence-electron chi connectivity index (χ2n) is 6.13. The van der Waals surface area contributed by atoms with E-state index >= 15 is 0 Å². The van der Waals surface area contributed by atoms with Crippen LogP contribution in [0, 0.1) is 0 Å². The second-order valence-corrected chi connectivity index (χ2v) is 6.13. The first-order valence-corrected chi connectivity index (χ1v) is 8.47. The molecule has 0 aliphatic carbocycles. The van der Waals surface area contributed by atoms with Crippen LogP contribution < -0.4 is 10.6 Å². The number of aromatic amines is 1. The Balaban J connectivity index is 1.43. The molecule has 0 saturated carbocycles. The molecule has 0 bridgehead atoms. The van der Waals surface area contributed by atoms with Crippen LogP contribution in [0.5, 0.6) is 0 Å². The SMILES string of the molecule is C[C@H](CNc1ccnc(Nc2ccc3nn[nH]c3c2)n1)c1ccccc1. The van der Waals surface area contributed by atoms with Crippen molar-refractivity contribution in [2.45, 2.75) is 12.8 Å². The van der Waals surface area contributed by atoms with Gasteiger partial charge in [-0.2, -0.15) is 4.98 Å². The van der Waals surface area contributed by atoms with Crippen molar-refractivity contribution in [3.05, 3.63) is 66.4 Å². The van der Waals surface area contributed by atoms with Gasteiger partial charge in [0.15, 0.2) is 0 Å². The van der Waals surface area contributed by atoms with E-state index in [-0.39, 0.29) is 0 Å². The number of benzene rings is 2. The van der Waals surface area contributed by atoms with E-state index in [0.717, 1.165) is 29.1 Å². The minimum atomic E-state index is 0.387. The lowest BCUT2D eigenvalue weighted by molar-refractivity contribution is 0.801. The Morgan fingerprint density at radius 2 is 1.96 bits per heavy atom. The van der Waals surface area contributed by atoms with Crippen molar-refractivity contribution >= 4 is 28.5 Å².